The Labute approximate surface area is 195 Å². The largest absolute Gasteiger partial charge is 0.439 e. The molecule has 180 valence electrons. The van der Waals surface area contributed by atoms with Gasteiger partial charge in [0, 0.05) is 30.1 Å². The molecule has 1 heterocycles. The van der Waals surface area contributed by atoms with Crippen LogP contribution < -0.4 is 14.8 Å². The molecule has 1 aromatic heterocycles. The Morgan fingerprint density at radius 1 is 1.06 bits per heavy atom. The highest BCUT2D eigenvalue weighted by molar-refractivity contribution is 7.89. The number of hydrogen-bond donors (Lipinski definition) is 2. The second-order valence-electron chi connectivity index (χ2n) is 7.24. The molecule has 0 aliphatic rings. The lowest BCUT2D eigenvalue weighted by atomic mass is 10.2. The van der Waals surface area contributed by atoms with Gasteiger partial charge < -0.3 is 10.1 Å². The smallest absolute Gasteiger partial charge is 0.417 e. The molecule has 7 nitrogen and oxygen atoms in total. The molecule has 0 spiro atoms. The molecule has 2 N–H and O–H groups in total. The van der Waals surface area contributed by atoms with Crippen molar-refractivity contribution in [3.63, 3.8) is 0 Å². The number of nitrogens with zero attached hydrogens (tertiary/aromatic N) is 1. The van der Waals surface area contributed by atoms with Gasteiger partial charge in [-0.05, 0) is 55.0 Å². The minimum absolute atomic E-state index is 0.0317. The molecule has 0 atom stereocenters. The van der Waals surface area contributed by atoms with Gasteiger partial charge in [0.1, 0.15) is 5.75 Å². The molecule has 3 rings (SSSR count). The molecule has 0 radical (unpaired) electrons. The number of carbonyl (C=O) groups excluding carboxylic acids is 1. The van der Waals surface area contributed by atoms with Gasteiger partial charge in [-0.3, -0.25) is 4.79 Å². The van der Waals surface area contributed by atoms with Gasteiger partial charge in [0.05, 0.1) is 10.5 Å². The SMILES string of the molecule is CCCCNS(=O)(=O)c1cccc(NC(=O)c2ccc(Oc3ccc(C(F)(F)F)cn3)cc2)c1. The fourth-order valence-electron chi connectivity index (χ4n) is 2.81. The van der Waals surface area contributed by atoms with Crippen molar-refractivity contribution < 1.29 is 31.1 Å². The first-order valence-corrected chi connectivity index (χ1v) is 11.8. The number of carbonyl (C=O) groups is 1. The Balaban J connectivity index is 1.64. The summed E-state index contributed by atoms with van der Waals surface area (Å²) >= 11 is 0. The minimum Gasteiger partial charge on any atom is -0.439 e. The summed E-state index contributed by atoms with van der Waals surface area (Å²) in [6.45, 7) is 2.28. The van der Waals surface area contributed by atoms with Crippen molar-refractivity contribution in [3.05, 3.63) is 78.0 Å². The molecule has 0 aliphatic heterocycles. The zero-order valence-corrected chi connectivity index (χ0v) is 18.9. The van der Waals surface area contributed by atoms with Gasteiger partial charge in [-0.25, -0.2) is 18.1 Å². The number of alkyl halides is 3. The van der Waals surface area contributed by atoms with E-state index in [2.05, 4.69) is 15.0 Å². The Hall–Kier alpha value is -3.44. The first kappa shape index (κ1) is 25.2. The van der Waals surface area contributed by atoms with E-state index in [0.717, 1.165) is 18.6 Å². The van der Waals surface area contributed by atoms with Gasteiger partial charge in [0.2, 0.25) is 15.9 Å². The summed E-state index contributed by atoms with van der Waals surface area (Å²) < 4.78 is 70.5. The molecule has 3 aromatic rings. The Kier molecular flexibility index (Phi) is 7.90. The van der Waals surface area contributed by atoms with E-state index >= 15 is 0 Å². The van der Waals surface area contributed by atoms with Crippen LogP contribution >= 0.6 is 0 Å². The van der Waals surface area contributed by atoms with Crippen LogP contribution in [0.4, 0.5) is 18.9 Å². The van der Waals surface area contributed by atoms with Crippen LogP contribution in [0.5, 0.6) is 11.6 Å². The summed E-state index contributed by atoms with van der Waals surface area (Å²) in [6, 6.07) is 13.7. The van der Waals surface area contributed by atoms with E-state index in [0.29, 0.717) is 24.8 Å². The second-order valence-corrected chi connectivity index (χ2v) is 9.01. The van der Waals surface area contributed by atoms with Crippen molar-refractivity contribution in [2.75, 3.05) is 11.9 Å². The quantitative estimate of drug-likeness (QED) is 0.398. The van der Waals surface area contributed by atoms with Crippen LogP contribution in [0.3, 0.4) is 0 Å². The molecule has 0 aliphatic carbocycles. The molecule has 0 fully saturated rings. The second kappa shape index (κ2) is 10.7. The summed E-state index contributed by atoms with van der Waals surface area (Å²) in [6.07, 6.45) is -2.26. The van der Waals surface area contributed by atoms with Crippen molar-refractivity contribution >= 4 is 21.6 Å². The highest BCUT2D eigenvalue weighted by Gasteiger charge is 2.30. The van der Waals surface area contributed by atoms with Crippen LogP contribution in [-0.2, 0) is 16.2 Å². The lowest BCUT2D eigenvalue weighted by Gasteiger charge is -2.10. The van der Waals surface area contributed by atoms with Gasteiger partial charge in [0.15, 0.2) is 0 Å². The van der Waals surface area contributed by atoms with E-state index < -0.39 is 27.7 Å². The standard InChI is InChI=1S/C23H22F3N3O4S/c1-2-3-13-28-34(31,32)20-6-4-5-18(14-20)29-22(30)16-7-10-19(11-8-16)33-21-12-9-17(15-27-21)23(24,25)26/h4-12,14-15,28H,2-3,13H2,1H3,(H,29,30). The number of aromatic nitrogens is 1. The minimum atomic E-state index is -4.49. The van der Waals surface area contributed by atoms with Gasteiger partial charge in [0.25, 0.3) is 5.91 Å². The highest BCUT2D eigenvalue weighted by atomic mass is 32.2. The number of pyridine rings is 1. The summed E-state index contributed by atoms with van der Waals surface area (Å²) in [7, 11) is -3.69. The summed E-state index contributed by atoms with van der Waals surface area (Å²) in [4.78, 5) is 16.2. The summed E-state index contributed by atoms with van der Waals surface area (Å²) in [5, 5.41) is 2.64. The number of benzene rings is 2. The van der Waals surface area contributed by atoms with Crippen molar-refractivity contribution in [3.8, 4) is 11.6 Å². The lowest BCUT2D eigenvalue weighted by molar-refractivity contribution is -0.137. The maximum Gasteiger partial charge on any atom is 0.417 e. The van der Waals surface area contributed by atoms with E-state index in [1.165, 1.54) is 42.5 Å². The van der Waals surface area contributed by atoms with Crippen LogP contribution in [0.2, 0.25) is 0 Å². The third kappa shape index (κ3) is 6.78. The number of rotatable bonds is 9. The van der Waals surface area contributed by atoms with E-state index in [1.807, 2.05) is 6.92 Å². The molecule has 2 aromatic carbocycles. The number of sulfonamides is 1. The highest BCUT2D eigenvalue weighted by Crippen LogP contribution is 2.30. The van der Waals surface area contributed by atoms with Gasteiger partial charge >= 0.3 is 6.18 Å². The predicted octanol–water partition coefficient (Wildman–Crippen LogP) is 5.22. The monoisotopic (exact) mass is 493 g/mol. The number of ether oxygens (including phenoxy) is 1. The Bertz CT molecular complexity index is 1230. The van der Waals surface area contributed by atoms with Gasteiger partial charge in [-0.15, -0.1) is 0 Å². The average molecular weight is 494 g/mol. The Morgan fingerprint density at radius 3 is 2.41 bits per heavy atom. The average Bonchev–Trinajstić information content (AvgIpc) is 2.79. The van der Waals surface area contributed by atoms with Gasteiger partial charge in [-0.1, -0.05) is 19.4 Å². The van der Waals surface area contributed by atoms with E-state index in [4.69, 9.17) is 4.74 Å². The molecule has 0 bridgehead atoms. The Morgan fingerprint density at radius 2 is 1.79 bits per heavy atom. The first-order valence-electron chi connectivity index (χ1n) is 10.3. The van der Waals surface area contributed by atoms with Crippen molar-refractivity contribution in [1.29, 1.82) is 0 Å². The third-order valence-electron chi connectivity index (χ3n) is 4.63. The summed E-state index contributed by atoms with van der Waals surface area (Å²) in [5.41, 5.74) is -0.319. The van der Waals surface area contributed by atoms with Crippen LogP contribution in [0.15, 0.2) is 71.8 Å². The first-order chi connectivity index (χ1) is 16.1. The van der Waals surface area contributed by atoms with Crippen molar-refractivity contribution in [2.45, 2.75) is 30.8 Å². The lowest BCUT2D eigenvalue weighted by Crippen LogP contribution is -2.24. The molecule has 0 unspecified atom stereocenters. The number of halogens is 3. The number of anilines is 1. The van der Waals surface area contributed by atoms with Crippen LogP contribution in [0.1, 0.15) is 35.7 Å². The van der Waals surface area contributed by atoms with E-state index in [9.17, 15) is 26.4 Å². The molecule has 11 heteroatoms. The summed E-state index contributed by atoms with van der Waals surface area (Å²) in [5.74, 6) is -0.237. The van der Waals surface area contributed by atoms with Crippen molar-refractivity contribution in [2.24, 2.45) is 0 Å². The zero-order valence-electron chi connectivity index (χ0n) is 18.1. The molecule has 0 saturated carbocycles. The van der Waals surface area contributed by atoms with Crippen LogP contribution in [-0.4, -0.2) is 25.9 Å². The normalized spacial score (nSPS) is 11.8. The molecule has 0 saturated heterocycles. The number of amides is 1. The molecular formula is C23H22F3N3O4S. The fourth-order valence-corrected chi connectivity index (χ4v) is 3.93. The topological polar surface area (TPSA) is 97.4 Å². The number of unbranched alkanes of at least 4 members (excludes halogenated alkanes) is 1. The maximum atomic E-state index is 12.6. The molecule has 34 heavy (non-hydrogen) atoms. The zero-order chi connectivity index (χ0) is 24.8. The molecular weight excluding hydrogens is 471 g/mol. The van der Waals surface area contributed by atoms with E-state index in [1.54, 1.807) is 6.07 Å². The van der Waals surface area contributed by atoms with Crippen LogP contribution in [0, 0.1) is 0 Å². The van der Waals surface area contributed by atoms with E-state index in [-0.39, 0.29) is 22.1 Å². The van der Waals surface area contributed by atoms with Crippen molar-refractivity contribution in [1.82, 2.24) is 9.71 Å². The van der Waals surface area contributed by atoms with Gasteiger partial charge in [-0.2, -0.15) is 13.2 Å². The molecule has 1 amide bonds. The number of nitrogens with one attached hydrogen (secondary N) is 2. The number of hydrogen-bond acceptors (Lipinski definition) is 5. The fraction of sp³-hybridized carbons (Fsp3) is 0.217. The third-order valence-corrected chi connectivity index (χ3v) is 6.09. The maximum absolute atomic E-state index is 12.6. The predicted molar refractivity (Wildman–Crippen MR) is 120 cm³/mol. The van der Waals surface area contributed by atoms with Crippen LogP contribution in [0.25, 0.3) is 0 Å².